The van der Waals surface area contributed by atoms with E-state index < -0.39 is 15.8 Å². The Balaban J connectivity index is 2.36. The van der Waals surface area contributed by atoms with E-state index in [-0.39, 0.29) is 21.3 Å². The van der Waals surface area contributed by atoms with Crippen LogP contribution in [0.1, 0.15) is 0 Å². The number of nitrogen functional groups attached to an aromatic ring is 1. The summed E-state index contributed by atoms with van der Waals surface area (Å²) in [5.41, 5.74) is 5.87. The van der Waals surface area contributed by atoms with Gasteiger partial charge in [-0.25, -0.2) is 12.8 Å². The third kappa shape index (κ3) is 3.56. The fourth-order valence-electron chi connectivity index (χ4n) is 1.71. The van der Waals surface area contributed by atoms with Gasteiger partial charge in [0.05, 0.1) is 23.4 Å². The highest BCUT2D eigenvalue weighted by atomic mass is 35.5. The van der Waals surface area contributed by atoms with Crippen LogP contribution < -0.4 is 15.2 Å². The number of hydrogen-bond donors (Lipinski definition) is 2. The van der Waals surface area contributed by atoms with Crippen molar-refractivity contribution >= 4 is 33.0 Å². The Bertz CT molecular complexity index is 761. The number of nitrogens with one attached hydrogen (secondary N) is 1. The zero-order chi connectivity index (χ0) is 15.6. The predicted molar refractivity (Wildman–Crippen MR) is 79.6 cm³/mol. The molecule has 0 amide bonds. The Hall–Kier alpha value is -1.99. The zero-order valence-electron chi connectivity index (χ0n) is 10.9. The molecule has 0 aromatic heterocycles. The lowest BCUT2D eigenvalue weighted by molar-refractivity contribution is 0.416. The maximum Gasteiger partial charge on any atom is 0.261 e. The minimum Gasteiger partial charge on any atom is -0.495 e. The van der Waals surface area contributed by atoms with Crippen LogP contribution in [0.2, 0.25) is 5.02 Å². The van der Waals surface area contributed by atoms with Crippen LogP contribution in [0, 0.1) is 5.82 Å². The maximum absolute atomic E-state index is 13.2. The van der Waals surface area contributed by atoms with Gasteiger partial charge in [-0.1, -0.05) is 11.6 Å². The minimum atomic E-state index is -3.91. The van der Waals surface area contributed by atoms with Gasteiger partial charge in [0.15, 0.2) is 0 Å². The molecule has 2 aromatic carbocycles. The van der Waals surface area contributed by atoms with Crippen molar-refractivity contribution in [3.63, 3.8) is 0 Å². The van der Waals surface area contributed by atoms with Gasteiger partial charge in [-0.2, -0.15) is 0 Å². The predicted octanol–water partition coefficient (Wildman–Crippen LogP) is 2.87. The Morgan fingerprint density at radius 1 is 1.24 bits per heavy atom. The fourth-order valence-corrected chi connectivity index (χ4v) is 3.00. The second-order valence-corrected chi connectivity index (χ2v) is 6.29. The highest BCUT2D eigenvalue weighted by Crippen LogP contribution is 2.26. The third-order valence-electron chi connectivity index (χ3n) is 2.63. The van der Waals surface area contributed by atoms with Crippen LogP contribution in [0.15, 0.2) is 41.3 Å². The third-order valence-corrected chi connectivity index (χ3v) is 4.22. The van der Waals surface area contributed by atoms with E-state index in [1.807, 2.05) is 0 Å². The molecule has 0 aliphatic heterocycles. The van der Waals surface area contributed by atoms with Gasteiger partial charge in [-0.15, -0.1) is 0 Å². The molecule has 0 fully saturated rings. The van der Waals surface area contributed by atoms with Crippen molar-refractivity contribution in [1.29, 1.82) is 0 Å². The standard InChI is InChI=1S/C13H12ClFN2O3S/c1-20-13-3-2-11(7-12(13)16)21(18,19)17-10-5-8(14)4-9(15)6-10/h2-7,17H,16H2,1H3. The molecule has 5 nitrogen and oxygen atoms in total. The summed E-state index contributed by atoms with van der Waals surface area (Å²) < 4.78 is 44.8. The molecule has 0 radical (unpaired) electrons. The number of sulfonamides is 1. The largest absolute Gasteiger partial charge is 0.495 e. The summed E-state index contributed by atoms with van der Waals surface area (Å²) in [4.78, 5) is -0.0683. The average Bonchev–Trinajstić information content (AvgIpc) is 2.36. The molecule has 0 heterocycles. The van der Waals surface area contributed by atoms with Gasteiger partial charge in [-0.3, -0.25) is 4.72 Å². The van der Waals surface area contributed by atoms with Crippen LogP contribution >= 0.6 is 11.6 Å². The van der Waals surface area contributed by atoms with Crippen molar-refractivity contribution in [2.75, 3.05) is 17.6 Å². The Kier molecular flexibility index (Phi) is 4.24. The summed E-state index contributed by atoms with van der Waals surface area (Å²) in [6.45, 7) is 0. The van der Waals surface area contributed by atoms with Crippen molar-refractivity contribution < 1.29 is 17.5 Å². The Morgan fingerprint density at radius 2 is 1.95 bits per heavy atom. The molecule has 0 saturated carbocycles. The van der Waals surface area contributed by atoms with Crippen molar-refractivity contribution in [2.45, 2.75) is 4.90 Å². The number of anilines is 2. The normalized spacial score (nSPS) is 11.2. The van der Waals surface area contributed by atoms with Gasteiger partial charge in [0.25, 0.3) is 10.0 Å². The summed E-state index contributed by atoms with van der Waals surface area (Å²) in [5.74, 6) is -0.280. The molecular weight excluding hydrogens is 319 g/mol. The summed E-state index contributed by atoms with van der Waals surface area (Å²) in [6.07, 6.45) is 0. The van der Waals surface area contributed by atoms with Crippen molar-refractivity contribution in [3.8, 4) is 5.75 Å². The van der Waals surface area contributed by atoms with Crippen LogP contribution in [-0.2, 0) is 10.0 Å². The molecular formula is C13H12ClFN2O3S. The first-order valence-electron chi connectivity index (χ1n) is 5.74. The number of ether oxygens (including phenoxy) is 1. The van der Waals surface area contributed by atoms with Gasteiger partial charge in [-0.05, 0) is 36.4 Å². The minimum absolute atomic E-state index is 0.0226. The lowest BCUT2D eigenvalue weighted by Gasteiger charge is -2.10. The van der Waals surface area contributed by atoms with E-state index in [4.69, 9.17) is 22.1 Å². The molecule has 2 aromatic rings. The molecule has 0 atom stereocenters. The van der Waals surface area contributed by atoms with E-state index in [0.717, 1.165) is 12.1 Å². The smallest absolute Gasteiger partial charge is 0.261 e. The molecule has 0 aliphatic carbocycles. The van der Waals surface area contributed by atoms with Crippen LogP contribution in [0.25, 0.3) is 0 Å². The molecule has 8 heteroatoms. The molecule has 3 N–H and O–H groups in total. The van der Waals surface area contributed by atoms with Gasteiger partial charge < -0.3 is 10.5 Å². The maximum atomic E-state index is 13.2. The number of halogens is 2. The molecule has 0 bridgehead atoms. The van der Waals surface area contributed by atoms with Crippen molar-refractivity contribution in [2.24, 2.45) is 0 Å². The summed E-state index contributed by atoms with van der Waals surface area (Å²) in [7, 11) is -2.48. The molecule has 0 spiro atoms. The molecule has 0 saturated heterocycles. The Morgan fingerprint density at radius 3 is 2.52 bits per heavy atom. The first-order valence-corrected chi connectivity index (χ1v) is 7.60. The summed E-state index contributed by atoms with van der Waals surface area (Å²) in [5, 5.41) is 0.0851. The van der Waals surface area contributed by atoms with Crippen LogP contribution in [0.3, 0.4) is 0 Å². The molecule has 112 valence electrons. The van der Waals surface area contributed by atoms with Gasteiger partial charge >= 0.3 is 0 Å². The fraction of sp³-hybridized carbons (Fsp3) is 0.0769. The van der Waals surface area contributed by atoms with Crippen LogP contribution in [0.5, 0.6) is 5.75 Å². The van der Waals surface area contributed by atoms with Gasteiger partial charge in [0.2, 0.25) is 0 Å². The van der Waals surface area contributed by atoms with E-state index in [2.05, 4.69) is 4.72 Å². The number of methoxy groups -OCH3 is 1. The molecule has 0 aliphatic rings. The van der Waals surface area contributed by atoms with Crippen LogP contribution in [0.4, 0.5) is 15.8 Å². The number of rotatable bonds is 4. The molecule has 0 unspecified atom stereocenters. The average molecular weight is 331 g/mol. The van der Waals surface area contributed by atoms with E-state index in [1.54, 1.807) is 0 Å². The number of benzene rings is 2. The van der Waals surface area contributed by atoms with Crippen molar-refractivity contribution in [1.82, 2.24) is 0 Å². The first kappa shape index (κ1) is 15.4. The topological polar surface area (TPSA) is 81.4 Å². The van der Waals surface area contributed by atoms with E-state index in [0.29, 0.717) is 5.75 Å². The second-order valence-electron chi connectivity index (χ2n) is 4.17. The van der Waals surface area contributed by atoms with Crippen molar-refractivity contribution in [3.05, 3.63) is 47.2 Å². The lowest BCUT2D eigenvalue weighted by atomic mass is 10.3. The highest BCUT2D eigenvalue weighted by Gasteiger charge is 2.16. The van der Waals surface area contributed by atoms with Crippen LogP contribution in [-0.4, -0.2) is 15.5 Å². The molecule has 21 heavy (non-hydrogen) atoms. The summed E-state index contributed by atoms with van der Waals surface area (Å²) >= 11 is 5.68. The number of nitrogens with two attached hydrogens (primary N) is 1. The van der Waals surface area contributed by atoms with Gasteiger partial charge in [0.1, 0.15) is 11.6 Å². The molecule has 2 rings (SSSR count). The van der Waals surface area contributed by atoms with E-state index in [1.165, 1.54) is 31.4 Å². The first-order chi connectivity index (χ1) is 9.81. The van der Waals surface area contributed by atoms with E-state index in [9.17, 15) is 12.8 Å². The quantitative estimate of drug-likeness (QED) is 0.845. The monoisotopic (exact) mass is 330 g/mol. The Labute approximate surface area is 126 Å². The highest BCUT2D eigenvalue weighted by molar-refractivity contribution is 7.92. The summed E-state index contributed by atoms with van der Waals surface area (Å²) in [6, 6.07) is 7.42. The second kappa shape index (κ2) is 5.79. The van der Waals surface area contributed by atoms with Gasteiger partial charge in [0, 0.05) is 5.02 Å². The van der Waals surface area contributed by atoms with E-state index >= 15 is 0 Å². The number of hydrogen-bond acceptors (Lipinski definition) is 4. The SMILES string of the molecule is COc1ccc(S(=O)(=O)Nc2cc(F)cc(Cl)c2)cc1N. The lowest BCUT2D eigenvalue weighted by Crippen LogP contribution is -2.13. The zero-order valence-corrected chi connectivity index (χ0v) is 12.5.